The van der Waals surface area contributed by atoms with Gasteiger partial charge < -0.3 is 10.2 Å². The fourth-order valence-electron chi connectivity index (χ4n) is 4.47. The summed E-state index contributed by atoms with van der Waals surface area (Å²) in [4.78, 5) is 26.9. The molecule has 38 heavy (non-hydrogen) atoms. The van der Waals surface area contributed by atoms with Crippen molar-refractivity contribution in [3.05, 3.63) is 63.5 Å². The molecule has 1 saturated heterocycles. The minimum absolute atomic E-state index is 0.0821. The van der Waals surface area contributed by atoms with E-state index >= 15 is 0 Å². The fraction of sp³-hybridized carbons (Fsp3) is 0.320. The van der Waals surface area contributed by atoms with Crippen molar-refractivity contribution in [1.29, 1.82) is 0 Å². The zero-order chi connectivity index (χ0) is 26.8. The van der Waals surface area contributed by atoms with Crippen LogP contribution in [-0.4, -0.2) is 48.8 Å². The summed E-state index contributed by atoms with van der Waals surface area (Å²) in [6, 6.07) is 10.3. The Hall–Kier alpha value is -3.97. The molecule has 0 radical (unpaired) electrons. The number of hydrogen-bond donors (Lipinski definition) is 2. The number of thiocarbonyl (C=S) groups is 1. The SMILES string of the molecule is CCc1nnc2sc(-c3ccc(NC(=S)NC(=O)c4ccc(N5CCCCC5)c([N+](=O)[O-])c4)c(C)c3)nn12. The van der Waals surface area contributed by atoms with Crippen LogP contribution in [-0.2, 0) is 6.42 Å². The number of nitro benzene ring substituents is 1. The molecule has 1 aliphatic rings. The van der Waals surface area contributed by atoms with Crippen molar-refractivity contribution in [2.75, 3.05) is 23.3 Å². The molecule has 0 spiro atoms. The van der Waals surface area contributed by atoms with Crippen molar-refractivity contribution >= 4 is 56.6 Å². The van der Waals surface area contributed by atoms with Gasteiger partial charge in [0.2, 0.25) is 4.96 Å². The van der Waals surface area contributed by atoms with E-state index in [2.05, 4.69) is 25.9 Å². The third-order valence-electron chi connectivity index (χ3n) is 6.45. The minimum Gasteiger partial charge on any atom is -0.366 e. The number of anilines is 2. The first kappa shape index (κ1) is 25.7. The van der Waals surface area contributed by atoms with Gasteiger partial charge in [-0.3, -0.25) is 20.2 Å². The number of nitro groups is 1. The molecule has 0 bridgehead atoms. The van der Waals surface area contributed by atoms with Crippen LogP contribution in [0.1, 0.15) is 47.9 Å². The Kier molecular flexibility index (Phi) is 7.29. The highest BCUT2D eigenvalue weighted by Crippen LogP contribution is 2.32. The van der Waals surface area contributed by atoms with Crippen LogP contribution in [0.4, 0.5) is 17.1 Å². The van der Waals surface area contributed by atoms with Gasteiger partial charge in [0.25, 0.3) is 11.6 Å². The molecule has 2 aromatic carbocycles. The lowest BCUT2D eigenvalue weighted by molar-refractivity contribution is -0.384. The lowest BCUT2D eigenvalue weighted by Gasteiger charge is -2.28. The molecule has 5 rings (SSSR count). The first-order chi connectivity index (χ1) is 18.3. The van der Waals surface area contributed by atoms with Crippen molar-refractivity contribution in [2.45, 2.75) is 39.5 Å². The van der Waals surface area contributed by atoms with Crippen molar-refractivity contribution in [1.82, 2.24) is 25.1 Å². The third kappa shape index (κ3) is 5.20. The van der Waals surface area contributed by atoms with Gasteiger partial charge in [-0.05, 0) is 74.3 Å². The molecule has 1 fully saturated rings. The summed E-state index contributed by atoms with van der Waals surface area (Å²) in [7, 11) is 0. The largest absolute Gasteiger partial charge is 0.366 e. The summed E-state index contributed by atoms with van der Waals surface area (Å²) < 4.78 is 1.76. The van der Waals surface area contributed by atoms with E-state index in [4.69, 9.17) is 12.2 Å². The van der Waals surface area contributed by atoms with E-state index in [1.807, 2.05) is 36.9 Å². The summed E-state index contributed by atoms with van der Waals surface area (Å²) in [6.45, 7) is 5.47. The molecule has 196 valence electrons. The molecular formula is C25H26N8O3S2. The number of aromatic nitrogens is 4. The fourth-order valence-corrected chi connectivity index (χ4v) is 5.53. The number of carbonyl (C=O) groups is 1. The lowest BCUT2D eigenvalue weighted by Crippen LogP contribution is -2.34. The summed E-state index contributed by atoms with van der Waals surface area (Å²) in [5.41, 5.74) is 3.19. The molecule has 3 heterocycles. The molecule has 0 unspecified atom stereocenters. The van der Waals surface area contributed by atoms with Gasteiger partial charge in [0.1, 0.15) is 10.7 Å². The molecule has 1 aliphatic heterocycles. The number of rotatable bonds is 6. The number of piperidine rings is 1. The van der Waals surface area contributed by atoms with Crippen LogP contribution in [0.5, 0.6) is 0 Å². The Labute approximate surface area is 228 Å². The quantitative estimate of drug-likeness (QED) is 0.198. The number of amides is 1. The number of nitrogens with zero attached hydrogens (tertiary/aromatic N) is 6. The van der Waals surface area contributed by atoms with Gasteiger partial charge in [-0.25, -0.2) is 0 Å². The highest BCUT2D eigenvalue weighted by Gasteiger charge is 2.23. The van der Waals surface area contributed by atoms with Crippen LogP contribution in [0.3, 0.4) is 0 Å². The molecule has 2 aromatic heterocycles. The Morgan fingerprint density at radius 3 is 2.66 bits per heavy atom. The molecule has 11 nitrogen and oxygen atoms in total. The van der Waals surface area contributed by atoms with E-state index in [1.165, 1.54) is 17.4 Å². The predicted molar refractivity (Wildman–Crippen MR) is 151 cm³/mol. The molecule has 0 atom stereocenters. The molecule has 0 saturated carbocycles. The van der Waals surface area contributed by atoms with Crippen LogP contribution in [0.15, 0.2) is 36.4 Å². The van der Waals surface area contributed by atoms with Crippen LogP contribution in [0.25, 0.3) is 15.5 Å². The normalized spacial score (nSPS) is 13.5. The highest BCUT2D eigenvalue weighted by atomic mass is 32.1. The highest BCUT2D eigenvalue weighted by molar-refractivity contribution is 7.80. The number of nitrogens with one attached hydrogen (secondary N) is 2. The average Bonchev–Trinajstić information content (AvgIpc) is 3.51. The smallest absolute Gasteiger partial charge is 0.293 e. The maximum atomic E-state index is 12.8. The topological polar surface area (TPSA) is 131 Å². The van der Waals surface area contributed by atoms with Crippen LogP contribution >= 0.6 is 23.6 Å². The number of aryl methyl sites for hydroxylation is 2. The van der Waals surface area contributed by atoms with E-state index in [0.29, 0.717) is 5.69 Å². The van der Waals surface area contributed by atoms with Gasteiger partial charge in [0.15, 0.2) is 10.9 Å². The maximum absolute atomic E-state index is 12.8. The van der Waals surface area contributed by atoms with Crippen molar-refractivity contribution in [2.24, 2.45) is 0 Å². The predicted octanol–water partition coefficient (Wildman–Crippen LogP) is 4.75. The summed E-state index contributed by atoms with van der Waals surface area (Å²) in [5, 5.41) is 31.2. The van der Waals surface area contributed by atoms with Gasteiger partial charge in [0.05, 0.1) is 4.92 Å². The second-order valence-corrected chi connectivity index (χ2v) is 10.4. The first-order valence-corrected chi connectivity index (χ1v) is 13.5. The van der Waals surface area contributed by atoms with Crippen LogP contribution in [0.2, 0.25) is 0 Å². The Morgan fingerprint density at radius 2 is 1.95 bits per heavy atom. The number of fused-ring (bicyclic) bond motifs is 1. The standard InChI is InChI=1S/C25H26N8O3S2/c1-3-21-28-29-25-32(21)30-23(38-25)17-7-9-18(15(2)13-17)26-24(37)27-22(34)16-8-10-19(20(14-16)33(35)36)31-11-5-4-6-12-31/h7-10,13-14H,3-6,11-12H2,1-2H3,(H2,26,27,34,37). The second kappa shape index (κ2) is 10.8. The second-order valence-electron chi connectivity index (χ2n) is 9.02. The third-order valence-corrected chi connectivity index (χ3v) is 7.60. The monoisotopic (exact) mass is 550 g/mol. The van der Waals surface area contributed by atoms with Crippen molar-refractivity contribution < 1.29 is 9.72 Å². The zero-order valence-electron chi connectivity index (χ0n) is 20.9. The number of carbonyl (C=O) groups excluding carboxylic acids is 1. The Morgan fingerprint density at radius 1 is 1.16 bits per heavy atom. The van der Waals surface area contributed by atoms with E-state index in [-0.39, 0.29) is 16.4 Å². The number of benzene rings is 2. The van der Waals surface area contributed by atoms with Gasteiger partial charge in [0, 0.05) is 42.4 Å². The minimum atomic E-state index is -0.517. The average molecular weight is 551 g/mol. The van der Waals surface area contributed by atoms with E-state index in [9.17, 15) is 14.9 Å². The molecule has 13 heteroatoms. The number of hydrogen-bond acceptors (Lipinski definition) is 9. The zero-order valence-corrected chi connectivity index (χ0v) is 22.6. The molecule has 0 aliphatic carbocycles. The van der Waals surface area contributed by atoms with E-state index < -0.39 is 10.8 Å². The maximum Gasteiger partial charge on any atom is 0.293 e. The van der Waals surface area contributed by atoms with Gasteiger partial charge >= 0.3 is 0 Å². The first-order valence-electron chi connectivity index (χ1n) is 12.3. The summed E-state index contributed by atoms with van der Waals surface area (Å²) >= 11 is 6.81. The van der Waals surface area contributed by atoms with Crippen molar-refractivity contribution in [3.63, 3.8) is 0 Å². The Bertz CT molecular complexity index is 1540. The van der Waals surface area contributed by atoms with Crippen molar-refractivity contribution in [3.8, 4) is 10.6 Å². The van der Waals surface area contributed by atoms with Crippen LogP contribution in [0, 0.1) is 17.0 Å². The molecular weight excluding hydrogens is 524 g/mol. The molecule has 1 amide bonds. The van der Waals surface area contributed by atoms with E-state index in [0.717, 1.165) is 71.4 Å². The molecule has 4 aromatic rings. The summed E-state index contributed by atoms with van der Waals surface area (Å²) in [6.07, 6.45) is 3.85. The van der Waals surface area contributed by atoms with Crippen LogP contribution < -0.4 is 15.5 Å². The van der Waals surface area contributed by atoms with E-state index in [1.54, 1.807) is 16.6 Å². The molecule has 2 N–H and O–H groups in total. The van der Waals surface area contributed by atoms with Gasteiger partial charge in [-0.2, -0.15) is 9.61 Å². The van der Waals surface area contributed by atoms with Gasteiger partial charge in [-0.1, -0.05) is 18.3 Å². The Balaban J connectivity index is 1.27. The van der Waals surface area contributed by atoms with Gasteiger partial charge in [-0.15, -0.1) is 10.2 Å². The lowest BCUT2D eigenvalue weighted by atomic mass is 10.1. The summed E-state index contributed by atoms with van der Waals surface area (Å²) in [5.74, 6) is 0.293.